The Morgan fingerprint density at radius 1 is 1.40 bits per heavy atom. The van der Waals surface area contributed by atoms with Gasteiger partial charge in [-0.05, 0) is 24.0 Å². The predicted octanol–water partition coefficient (Wildman–Crippen LogP) is 3.07. The van der Waals surface area contributed by atoms with Crippen molar-refractivity contribution in [2.75, 3.05) is 12.0 Å². The normalized spacial score (nSPS) is 13.9. The van der Waals surface area contributed by atoms with E-state index in [1.165, 1.54) is 17.8 Å². The van der Waals surface area contributed by atoms with Crippen molar-refractivity contribution in [1.29, 1.82) is 0 Å². The first kappa shape index (κ1) is 12.4. The number of nitrogens with two attached hydrogens (primary N) is 1. The SMILES string of the molecule is CSCC(N)c1cccc(C(F)(F)F)c1. The Hall–Kier alpha value is -0.680. The van der Waals surface area contributed by atoms with Gasteiger partial charge in [-0.3, -0.25) is 0 Å². The number of thioether (sulfide) groups is 1. The molecule has 1 rings (SSSR count). The summed E-state index contributed by atoms with van der Waals surface area (Å²) in [6, 6.07) is 4.83. The molecule has 0 fully saturated rings. The average molecular weight is 235 g/mol. The van der Waals surface area contributed by atoms with Gasteiger partial charge in [0.2, 0.25) is 0 Å². The van der Waals surface area contributed by atoms with Crippen LogP contribution in [0.5, 0.6) is 0 Å². The lowest BCUT2D eigenvalue weighted by Gasteiger charge is -2.13. The molecule has 0 radical (unpaired) electrons. The highest BCUT2D eigenvalue weighted by atomic mass is 32.2. The minimum atomic E-state index is -4.30. The number of hydrogen-bond acceptors (Lipinski definition) is 2. The molecule has 0 saturated carbocycles. The van der Waals surface area contributed by atoms with Crippen LogP contribution in [0.15, 0.2) is 24.3 Å². The standard InChI is InChI=1S/C10H12F3NS/c1-15-6-9(14)7-3-2-4-8(5-7)10(11,12)13/h2-5,9H,6,14H2,1H3. The molecule has 1 atom stereocenters. The number of hydrogen-bond donors (Lipinski definition) is 1. The Balaban J connectivity index is 2.92. The molecular formula is C10H12F3NS. The van der Waals surface area contributed by atoms with Gasteiger partial charge in [0.1, 0.15) is 0 Å². The molecule has 0 heterocycles. The maximum absolute atomic E-state index is 12.4. The van der Waals surface area contributed by atoms with Gasteiger partial charge in [-0.2, -0.15) is 24.9 Å². The number of alkyl halides is 3. The van der Waals surface area contributed by atoms with Crippen LogP contribution >= 0.6 is 11.8 Å². The molecule has 0 spiro atoms. The van der Waals surface area contributed by atoms with Crippen LogP contribution in [-0.2, 0) is 6.18 Å². The molecule has 0 aliphatic heterocycles. The highest BCUT2D eigenvalue weighted by molar-refractivity contribution is 7.98. The summed E-state index contributed by atoms with van der Waals surface area (Å²) < 4.78 is 37.1. The molecule has 1 aromatic rings. The Kier molecular flexibility index (Phi) is 4.04. The van der Waals surface area contributed by atoms with Gasteiger partial charge in [0, 0.05) is 11.8 Å². The first-order chi connectivity index (χ1) is 6.95. The van der Waals surface area contributed by atoms with E-state index in [0.29, 0.717) is 11.3 Å². The summed E-state index contributed by atoms with van der Waals surface area (Å²) >= 11 is 1.51. The zero-order chi connectivity index (χ0) is 11.5. The van der Waals surface area contributed by atoms with Gasteiger partial charge in [0.25, 0.3) is 0 Å². The topological polar surface area (TPSA) is 26.0 Å². The molecule has 1 aromatic carbocycles. The van der Waals surface area contributed by atoms with E-state index in [1.54, 1.807) is 6.07 Å². The maximum Gasteiger partial charge on any atom is 0.416 e. The minimum absolute atomic E-state index is 0.345. The summed E-state index contributed by atoms with van der Waals surface area (Å²) in [7, 11) is 0. The minimum Gasteiger partial charge on any atom is -0.323 e. The molecule has 0 amide bonds. The molecule has 0 aliphatic rings. The summed E-state index contributed by atoms with van der Waals surface area (Å²) in [4.78, 5) is 0. The van der Waals surface area contributed by atoms with Crippen LogP contribution in [0.1, 0.15) is 17.2 Å². The number of benzene rings is 1. The lowest BCUT2D eigenvalue weighted by Crippen LogP contribution is -2.14. The Labute approximate surface area is 90.9 Å². The fourth-order valence-corrected chi connectivity index (χ4v) is 1.77. The molecule has 0 aromatic heterocycles. The molecule has 15 heavy (non-hydrogen) atoms. The smallest absolute Gasteiger partial charge is 0.323 e. The van der Waals surface area contributed by atoms with Crippen LogP contribution in [0, 0.1) is 0 Å². The van der Waals surface area contributed by atoms with Crippen LogP contribution in [0.25, 0.3) is 0 Å². The molecule has 0 bridgehead atoms. The van der Waals surface area contributed by atoms with Crippen molar-refractivity contribution in [2.24, 2.45) is 5.73 Å². The molecular weight excluding hydrogens is 223 g/mol. The highest BCUT2D eigenvalue weighted by Crippen LogP contribution is 2.30. The summed E-state index contributed by atoms with van der Waals surface area (Å²) in [6.07, 6.45) is -2.43. The Bertz CT molecular complexity index is 325. The molecule has 0 aliphatic carbocycles. The molecule has 0 saturated heterocycles. The molecule has 84 valence electrons. The molecule has 5 heteroatoms. The van der Waals surface area contributed by atoms with Crippen molar-refractivity contribution < 1.29 is 13.2 Å². The second-order valence-electron chi connectivity index (χ2n) is 3.19. The lowest BCUT2D eigenvalue weighted by molar-refractivity contribution is -0.137. The Morgan fingerprint density at radius 3 is 2.60 bits per heavy atom. The van der Waals surface area contributed by atoms with Crippen LogP contribution in [-0.4, -0.2) is 12.0 Å². The second kappa shape index (κ2) is 4.90. The van der Waals surface area contributed by atoms with E-state index in [4.69, 9.17) is 5.73 Å². The van der Waals surface area contributed by atoms with Crippen molar-refractivity contribution in [2.45, 2.75) is 12.2 Å². The van der Waals surface area contributed by atoms with Crippen molar-refractivity contribution in [3.63, 3.8) is 0 Å². The van der Waals surface area contributed by atoms with Crippen molar-refractivity contribution in [1.82, 2.24) is 0 Å². The fourth-order valence-electron chi connectivity index (χ4n) is 1.22. The fraction of sp³-hybridized carbons (Fsp3) is 0.400. The largest absolute Gasteiger partial charge is 0.416 e. The van der Waals surface area contributed by atoms with E-state index in [2.05, 4.69) is 0 Å². The lowest BCUT2D eigenvalue weighted by atomic mass is 10.1. The van der Waals surface area contributed by atoms with Crippen LogP contribution in [0.2, 0.25) is 0 Å². The van der Waals surface area contributed by atoms with Crippen molar-refractivity contribution in [3.05, 3.63) is 35.4 Å². The number of rotatable bonds is 3. The highest BCUT2D eigenvalue weighted by Gasteiger charge is 2.30. The predicted molar refractivity (Wildman–Crippen MR) is 56.8 cm³/mol. The maximum atomic E-state index is 12.4. The van der Waals surface area contributed by atoms with Gasteiger partial charge >= 0.3 is 6.18 Å². The summed E-state index contributed by atoms with van der Waals surface area (Å²) in [5.74, 6) is 0.612. The first-order valence-electron chi connectivity index (χ1n) is 4.37. The van der Waals surface area contributed by atoms with Crippen LogP contribution in [0.4, 0.5) is 13.2 Å². The van der Waals surface area contributed by atoms with E-state index in [0.717, 1.165) is 12.1 Å². The van der Waals surface area contributed by atoms with Gasteiger partial charge < -0.3 is 5.73 Å². The third kappa shape index (κ3) is 3.43. The monoisotopic (exact) mass is 235 g/mol. The first-order valence-corrected chi connectivity index (χ1v) is 5.76. The van der Waals surface area contributed by atoms with Crippen molar-refractivity contribution in [3.8, 4) is 0 Å². The summed E-state index contributed by atoms with van der Waals surface area (Å²) in [6.45, 7) is 0. The summed E-state index contributed by atoms with van der Waals surface area (Å²) in [5.41, 5.74) is 5.61. The average Bonchev–Trinajstić information content (AvgIpc) is 2.17. The molecule has 2 N–H and O–H groups in total. The third-order valence-electron chi connectivity index (χ3n) is 1.99. The van der Waals surface area contributed by atoms with Crippen LogP contribution < -0.4 is 5.73 Å². The van der Waals surface area contributed by atoms with Gasteiger partial charge in [0.05, 0.1) is 5.56 Å². The van der Waals surface area contributed by atoms with E-state index in [9.17, 15) is 13.2 Å². The van der Waals surface area contributed by atoms with E-state index in [-0.39, 0.29) is 6.04 Å². The van der Waals surface area contributed by atoms with E-state index < -0.39 is 11.7 Å². The second-order valence-corrected chi connectivity index (χ2v) is 4.10. The van der Waals surface area contributed by atoms with Crippen molar-refractivity contribution >= 4 is 11.8 Å². The van der Waals surface area contributed by atoms with E-state index >= 15 is 0 Å². The molecule has 1 nitrogen and oxygen atoms in total. The van der Waals surface area contributed by atoms with E-state index in [1.807, 2.05) is 6.26 Å². The Morgan fingerprint density at radius 2 is 2.07 bits per heavy atom. The summed E-state index contributed by atoms with van der Waals surface area (Å²) in [5, 5.41) is 0. The molecule has 1 unspecified atom stereocenters. The van der Waals surface area contributed by atoms with Gasteiger partial charge in [-0.1, -0.05) is 12.1 Å². The quantitative estimate of drug-likeness (QED) is 0.871. The van der Waals surface area contributed by atoms with Gasteiger partial charge in [-0.15, -0.1) is 0 Å². The third-order valence-corrected chi connectivity index (χ3v) is 2.68. The van der Waals surface area contributed by atoms with Crippen LogP contribution in [0.3, 0.4) is 0 Å². The zero-order valence-electron chi connectivity index (χ0n) is 8.21. The van der Waals surface area contributed by atoms with Gasteiger partial charge in [-0.25, -0.2) is 0 Å². The zero-order valence-corrected chi connectivity index (χ0v) is 9.03. The number of halogens is 3. The van der Waals surface area contributed by atoms with Gasteiger partial charge in [0.15, 0.2) is 0 Å².